The summed E-state index contributed by atoms with van der Waals surface area (Å²) in [7, 11) is 0. The fourth-order valence-electron chi connectivity index (χ4n) is 2.80. The third kappa shape index (κ3) is 2.89. The molecule has 0 amide bonds. The van der Waals surface area contributed by atoms with E-state index in [9.17, 15) is 5.11 Å². The number of hydrogen-bond acceptors (Lipinski definition) is 3. The van der Waals surface area contributed by atoms with Crippen LogP contribution in [0.4, 0.5) is 0 Å². The van der Waals surface area contributed by atoms with Gasteiger partial charge in [0.1, 0.15) is 0 Å². The lowest BCUT2D eigenvalue weighted by atomic mass is 9.89. The van der Waals surface area contributed by atoms with Crippen molar-refractivity contribution in [2.45, 2.75) is 38.6 Å². The van der Waals surface area contributed by atoms with Crippen LogP contribution in [0.1, 0.15) is 28.8 Å². The number of aliphatic hydroxyl groups is 1. The van der Waals surface area contributed by atoms with Gasteiger partial charge in [-0.1, -0.05) is 30.3 Å². The van der Waals surface area contributed by atoms with Crippen molar-refractivity contribution in [2.75, 3.05) is 0 Å². The molecule has 0 spiro atoms. The lowest BCUT2D eigenvalue weighted by Gasteiger charge is -2.26. The zero-order valence-electron chi connectivity index (χ0n) is 11.5. The second-order valence-electron chi connectivity index (χ2n) is 5.21. The first-order chi connectivity index (χ1) is 9.86. The van der Waals surface area contributed by atoms with Crippen LogP contribution in [-0.4, -0.2) is 16.2 Å². The van der Waals surface area contributed by atoms with Gasteiger partial charge in [-0.2, -0.15) is 0 Å². The summed E-state index contributed by atoms with van der Waals surface area (Å²) in [5.74, 6) is 0. The average molecular weight is 269 g/mol. The summed E-state index contributed by atoms with van der Waals surface area (Å²) in [5.41, 5.74) is 4.52. The number of pyridine rings is 1. The van der Waals surface area contributed by atoms with E-state index in [2.05, 4.69) is 17.1 Å². The third-order valence-corrected chi connectivity index (χ3v) is 3.88. The molecule has 1 unspecified atom stereocenters. The Labute approximate surface area is 119 Å². The molecule has 1 aromatic carbocycles. The van der Waals surface area contributed by atoms with Crippen molar-refractivity contribution in [1.29, 1.82) is 0 Å². The van der Waals surface area contributed by atoms with Crippen LogP contribution in [-0.2, 0) is 30.8 Å². The summed E-state index contributed by atoms with van der Waals surface area (Å²) in [6.07, 6.45) is 4.90. The molecular weight excluding hydrogens is 250 g/mol. The second-order valence-corrected chi connectivity index (χ2v) is 5.21. The van der Waals surface area contributed by atoms with E-state index < -0.39 is 0 Å². The summed E-state index contributed by atoms with van der Waals surface area (Å²) in [6.45, 7) is 0.692. The quantitative estimate of drug-likeness (QED) is 0.928. The molecule has 1 aromatic heterocycles. The number of aliphatic hydroxyl groups excluding tert-OH is 1. The minimum absolute atomic E-state index is 0.0265. The van der Waals surface area contributed by atoms with E-state index >= 15 is 0 Å². The molecule has 3 nitrogen and oxygen atoms in total. The molecule has 0 saturated heterocycles. The SMILES string of the molecule is OCc1nccc2c1CCC(OCc1ccccc1)C2. The fourth-order valence-corrected chi connectivity index (χ4v) is 2.80. The summed E-state index contributed by atoms with van der Waals surface area (Å²) in [4.78, 5) is 4.24. The van der Waals surface area contributed by atoms with Crippen molar-refractivity contribution < 1.29 is 9.84 Å². The Hall–Kier alpha value is -1.71. The lowest BCUT2D eigenvalue weighted by Crippen LogP contribution is -2.23. The maximum atomic E-state index is 9.32. The molecule has 2 aromatic rings. The first-order valence-electron chi connectivity index (χ1n) is 7.09. The van der Waals surface area contributed by atoms with E-state index in [0.717, 1.165) is 25.0 Å². The first-order valence-corrected chi connectivity index (χ1v) is 7.09. The van der Waals surface area contributed by atoms with E-state index in [1.54, 1.807) is 6.20 Å². The van der Waals surface area contributed by atoms with Crippen LogP contribution in [0, 0.1) is 0 Å². The molecule has 0 saturated carbocycles. The molecule has 1 heterocycles. The number of rotatable bonds is 4. The van der Waals surface area contributed by atoms with E-state index in [1.165, 1.54) is 16.7 Å². The highest BCUT2D eigenvalue weighted by molar-refractivity contribution is 5.32. The van der Waals surface area contributed by atoms with Crippen LogP contribution in [0.15, 0.2) is 42.6 Å². The van der Waals surface area contributed by atoms with Crippen molar-refractivity contribution in [3.05, 3.63) is 65.0 Å². The summed E-state index contributed by atoms with van der Waals surface area (Å²) in [6, 6.07) is 12.3. The highest BCUT2D eigenvalue weighted by atomic mass is 16.5. The first kappa shape index (κ1) is 13.3. The molecule has 0 bridgehead atoms. The van der Waals surface area contributed by atoms with Gasteiger partial charge in [-0.05, 0) is 42.0 Å². The van der Waals surface area contributed by atoms with Crippen molar-refractivity contribution in [1.82, 2.24) is 4.98 Å². The average Bonchev–Trinajstić information content (AvgIpc) is 2.53. The number of nitrogens with zero attached hydrogens (tertiary/aromatic N) is 1. The highest BCUT2D eigenvalue weighted by Crippen LogP contribution is 2.25. The zero-order chi connectivity index (χ0) is 13.8. The smallest absolute Gasteiger partial charge is 0.0855 e. The molecule has 1 atom stereocenters. The van der Waals surface area contributed by atoms with Gasteiger partial charge in [-0.15, -0.1) is 0 Å². The second kappa shape index (κ2) is 6.16. The van der Waals surface area contributed by atoms with Crippen LogP contribution < -0.4 is 0 Å². The molecule has 104 valence electrons. The van der Waals surface area contributed by atoms with Crippen LogP contribution >= 0.6 is 0 Å². The molecule has 3 heteroatoms. The molecule has 0 aliphatic heterocycles. The van der Waals surface area contributed by atoms with E-state index in [1.807, 2.05) is 24.3 Å². The lowest BCUT2D eigenvalue weighted by molar-refractivity contribution is 0.0317. The maximum Gasteiger partial charge on any atom is 0.0855 e. The Morgan fingerprint density at radius 2 is 2.05 bits per heavy atom. The van der Waals surface area contributed by atoms with Gasteiger partial charge in [-0.3, -0.25) is 4.98 Å². The Morgan fingerprint density at radius 1 is 1.20 bits per heavy atom. The number of ether oxygens (including phenoxy) is 1. The Bertz CT molecular complexity index is 568. The van der Waals surface area contributed by atoms with Gasteiger partial charge >= 0.3 is 0 Å². The van der Waals surface area contributed by atoms with Crippen molar-refractivity contribution >= 4 is 0 Å². The maximum absolute atomic E-state index is 9.32. The largest absolute Gasteiger partial charge is 0.390 e. The monoisotopic (exact) mass is 269 g/mol. The van der Waals surface area contributed by atoms with E-state index in [0.29, 0.717) is 6.61 Å². The molecule has 1 N–H and O–H groups in total. The molecule has 20 heavy (non-hydrogen) atoms. The van der Waals surface area contributed by atoms with Gasteiger partial charge in [-0.25, -0.2) is 0 Å². The van der Waals surface area contributed by atoms with Gasteiger partial charge in [0, 0.05) is 6.20 Å². The van der Waals surface area contributed by atoms with Crippen LogP contribution in [0.5, 0.6) is 0 Å². The summed E-state index contributed by atoms with van der Waals surface area (Å²) >= 11 is 0. The molecular formula is C17H19NO2. The molecule has 3 rings (SSSR count). The van der Waals surface area contributed by atoms with Crippen molar-refractivity contribution in [3.63, 3.8) is 0 Å². The van der Waals surface area contributed by atoms with Gasteiger partial charge in [0.2, 0.25) is 0 Å². The minimum atomic E-state index is 0.0265. The summed E-state index contributed by atoms with van der Waals surface area (Å²) in [5, 5.41) is 9.32. The normalized spacial score (nSPS) is 17.8. The van der Waals surface area contributed by atoms with Gasteiger partial charge < -0.3 is 9.84 Å². The van der Waals surface area contributed by atoms with Crippen LogP contribution in [0.2, 0.25) is 0 Å². The van der Waals surface area contributed by atoms with Crippen LogP contribution in [0.25, 0.3) is 0 Å². The minimum Gasteiger partial charge on any atom is -0.390 e. The highest BCUT2D eigenvalue weighted by Gasteiger charge is 2.21. The summed E-state index contributed by atoms with van der Waals surface area (Å²) < 4.78 is 6.02. The van der Waals surface area contributed by atoms with Gasteiger partial charge in [0.25, 0.3) is 0 Å². The topological polar surface area (TPSA) is 42.4 Å². The number of benzene rings is 1. The molecule has 1 aliphatic rings. The number of aromatic nitrogens is 1. The fraction of sp³-hybridized carbons (Fsp3) is 0.353. The predicted molar refractivity (Wildman–Crippen MR) is 77.2 cm³/mol. The standard InChI is InChI=1S/C17H19NO2/c19-11-17-16-7-6-15(10-14(16)8-9-18-17)20-12-13-4-2-1-3-5-13/h1-5,8-9,15,19H,6-7,10-12H2. The Kier molecular flexibility index (Phi) is 4.09. The number of hydrogen-bond donors (Lipinski definition) is 1. The van der Waals surface area contributed by atoms with Crippen molar-refractivity contribution in [2.24, 2.45) is 0 Å². The Balaban J connectivity index is 1.64. The van der Waals surface area contributed by atoms with Gasteiger partial charge in [0.05, 0.1) is 25.0 Å². The number of fused-ring (bicyclic) bond motifs is 1. The van der Waals surface area contributed by atoms with Crippen LogP contribution in [0.3, 0.4) is 0 Å². The Morgan fingerprint density at radius 3 is 2.85 bits per heavy atom. The van der Waals surface area contributed by atoms with Crippen molar-refractivity contribution in [3.8, 4) is 0 Å². The molecule has 0 radical (unpaired) electrons. The predicted octanol–water partition coefficient (Wildman–Crippen LogP) is 2.65. The molecule has 0 fully saturated rings. The molecule has 1 aliphatic carbocycles. The van der Waals surface area contributed by atoms with E-state index in [-0.39, 0.29) is 12.7 Å². The van der Waals surface area contributed by atoms with E-state index in [4.69, 9.17) is 4.74 Å². The zero-order valence-corrected chi connectivity index (χ0v) is 11.5. The van der Waals surface area contributed by atoms with Gasteiger partial charge in [0.15, 0.2) is 0 Å². The third-order valence-electron chi connectivity index (χ3n) is 3.88.